The van der Waals surface area contributed by atoms with Gasteiger partial charge in [0.1, 0.15) is 17.0 Å². The molecule has 1 amide bonds. The highest BCUT2D eigenvalue weighted by atomic mass is 19.1. The van der Waals surface area contributed by atoms with Crippen molar-refractivity contribution < 1.29 is 9.18 Å². The maximum Gasteiger partial charge on any atom is 0.272 e. The van der Waals surface area contributed by atoms with Crippen LogP contribution in [0.15, 0.2) is 60.9 Å². The summed E-state index contributed by atoms with van der Waals surface area (Å²) in [6.07, 6.45) is 3.27. The smallest absolute Gasteiger partial charge is 0.272 e. The fraction of sp³-hybridized carbons (Fsp3) is 0.100. The van der Waals surface area contributed by atoms with E-state index in [1.54, 1.807) is 48.6 Å². The standard InChI is InChI=1S/C20H15FN4O/c1-25(12-13-5-7-16-18(11-13)23-10-9-22-16)20(26)17-8-6-14-3-2-4-15(21)19(14)24-17/h2-11H,12H2,1H3. The van der Waals surface area contributed by atoms with E-state index in [2.05, 4.69) is 15.0 Å². The van der Waals surface area contributed by atoms with Gasteiger partial charge in [-0.3, -0.25) is 14.8 Å². The lowest BCUT2D eigenvalue weighted by molar-refractivity contribution is 0.0779. The minimum atomic E-state index is -0.437. The van der Waals surface area contributed by atoms with Gasteiger partial charge < -0.3 is 4.90 Å². The molecule has 0 atom stereocenters. The van der Waals surface area contributed by atoms with Gasteiger partial charge in [0.05, 0.1) is 11.0 Å². The highest BCUT2D eigenvalue weighted by Crippen LogP contribution is 2.18. The first-order chi connectivity index (χ1) is 12.6. The van der Waals surface area contributed by atoms with Crippen LogP contribution in [0.2, 0.25) is 0 Å². The fourth-order valence-electron chi connectivity index (χ4n) is 2.88. The van der Waals surface area contributed by atoms with Gasteiger partial charge in [-0.15, -0.1) is 0 Å². The maximum atomic E-state index is 13.9. The number of pyridine rings is 1. The van der Waals surface area contributed by atoms with E-state index in [1.165, 1.54) is 6.07 Å². The molecule has 0 radical (unpaired) electrons. The third kappa shape index (κ3) is 2.97. The summed E-state index contributed by atoms with van der Waals surface area (Å²) in [5.41, 5.74) is 2.92. The molecule has 0 saturated carbocycles. The minimum Gasteiger partial charge on any atom is -0.336 e. The first kappa shape index (κ1) is 16.1. The van der Waals surface area contributed by atoms with E-state index in [0.717, 1.165) is 16.6 Å². The molecule has 0 unspecified atom stereocenters. The van der Waals surface area contributed by atoms with Crippen molar-refractivity contribution in [2.75, 3.05) is 7.05 Å². The van der Waals surface area contributed by atoms with E-state index in [1.807, 2.05) is 18.2 Å². The van der Waals surface area contributed by atoms with Gasteiger partial charge in [-0.2, -0.15) is 0 Å². The average molecular weight is 346 g/mol. The second kappa shape index (κ2) is 6.48. The zero-order valence-electron chi connectivity index (χ0n) is 14.1. The molecule has 2 aromatic heterocycles. The number of benzene rings is 2. The van der Waals surface area contributed by atoms with Crippen LogP contribution in [0.4, 0.5) is 4.39 Å². The quantitative estimate of drug-likeness (QED) is 0.569. The number of rotatable bonds is 3. The molecule has 2 aromatic carbocycles. The molecule has 2 heterocycles. The van der Waals surface area contributed by atoms with Gasteiger partial charge in [0.25, 0.3) is 5.91 Å². The van der Waals surface area contributed by atoms with Crippen molar-refractivity contribution in [1.82, 2.24) is 19.9 Å². The summed E-state index contributed by atoms with van der Waals surface area (Å²) < 4.78 is 13.9. The number of halogens is 1. The molecule has 26 heavy (non-hydrogen) atoms. The zero-order valence-corrected chi connectivity index (χ0v) is 14.1. The van der Waals surface area contributed by atoms with Gasteiger partial charge >= 0.3 is 0 Å². The van der Waals surface area contributed by atoms with Gasteiger partial charge in [0.15, 0.2) is 0 Å². The monoisotopic (exact) mass is 346 g/mol. The van der Waals surface area contributed by atoms with E-state index >= 15 is 0 Å². The van der Waals surface area contributed by atoms with Crippen molar-refractivity contribution in [2.45, 2.75) is 6.54 Å². The Morgan fingerprint density at radius 2 is 1.85 bits per heavy atom. The number of fused-ring (bicyclic) bond motifs is 2. The van der Waals surface area contributed by atoms with E-state index in [0.29, 0.717) is 11.9 Å². The normalized spacial score (nSPS) is 11.0. The lowest BCUT2D eigenvalue weighted by Crippen LogP contribution is -2.27. The number of carbonyl (C=O) groups excluding carboxylic acids is 1. The van der Waals surface area contributed by atoms with Crippen molar-refractivity contribution in [3.8, 4) is 0 Å². The SMILES string of the molecule is CN(Cc1ccc2nccnc2c1)C(=O)c1ccc2cccc(F)c2n1. The second-order valence-electron chi connectivity index (χ2n) is 6.05. The van der Waals surface area contributed by atoms with Gasteiger partial charge in [0, 0.05) is 31.4 Å². The molecule has 4 rings (SSSR count). The van der Waals surface area contributed by atoms with Crippen LogP contribution in [0.1, 0.15) is 16.1 Å². The number of para-hydroxylation sites is 1. The molecular weight excluding hydrogens is 331 g/mol. The predicted octanol–water partition coefficient (Wildman–Crippen LogP) is 3.59. The molecule has 0 aliphatic heterocycles. The van der Waals surface area contributed by atoms with E-state index < -0.39 is 5.82 Å². The number of carbonyl (C=O) groups is 1. The first-order valence-corrected chi connectivity index (χ1v) is 8.12. The third-order valence-corrected chi connectivity index (χ3v) is 4.19. The van der Waals surface area contributed by atoms with Gasteiger partial charge in [0.2, 0.25) is 0 Å². The first-order valence-electron chi connectivity index (χ1n) is 8.12. The number of amides is 1. The highest BCUT2D eigenvalue weighted by molar-refractivity contribution is 5.94. The van der Waals surface area contributed by atoms with Crippen molar-refractivity contribution in [3.63, 3.8) is 0 Å². The maximum absolute atomic E-state index is 13.9. The number of nitrogens with zero attached hydrogens (tertiary/aromatic N) is 4. The highest BCUT2D eigenvalue weighted by Gasteiger charge is 2.15. The Bertz CT molecular complexity index is 1130. The van der Waals surface area contributed by atoms with Crippen LogP contribution >= 0.6 is 0 Å². The lowest BCUT2D eigenvalue weighted by Gasteiger charge is -2.17. The van der Waals surface area contributed by atoms with Crippen molar-refractivity contribution in [3.05, 3.63) is 78.0 Å². The Morgan fingerprint density at radius 1 is 1.04 bits per heavy atom. The third-order valence-electron chi connectivity index (χ3n) is 4.19. The van der Waals surface area contributed by atoms with Crippen LogP contribution < -0.4 is 0 Å². The summed E-state index contributed by atoms with van der Waals surface area (Å²) in [7, 11) is 1.69. The Balaban J connectivity index is 1.60. The van der Waals surface area contributed by atoms with Gasteiger partial charge in [-0.05, 0) is 29.8 Å². The van der Waals surface area contributed by atoms with E-state index in [4.69, 9.17) is 0 Å². The van der Waals surface area contributed by atoms with Crippen LogP contribution in [0, 0.1) is 5.82 Å². The summed E-state index contributed by atoms with van der Waals surface area (Å²) in [6, 6.07) is 13.7. The molecule has 0 aliphatic rings. The topological polar surface area (TPSA) is 59.0 Å². The molecule has 0 fully saturated rings. The molecule has 0 N–H and O–H groups in total. The predicted molar refractivity (Wildman–Crippen MR) is 97.0 cm³/mol. The largest absolute Gasteiger partial charge is 0.336 e. The van der Waals surface area contributed by atoms with Crippen molar-refractivity contribution in [1.29, 1.82) is 0 Å². The molecule has 5 nitrogen and oxygen atoms in total. The fourth-order valence-corrected chi connectivity index (χ4v) is 2.88. The number of aromatic nitrogens is 3. The van der Waals surface area contributed by atoms with Crippen LogP contribution in [-0.4, -0.2) is 32.8 Å². The molecule has 0 spiro atoms. The molecule has 0 aliphatic carbocycles. The summed E-state index contributed by atoms with van der Waals surface area (Å²) >= 11 is 0. The Labute approximate surface area is 149 Å². The lowest BCUT2D eigenvalue weighted by atomic mass is 10.1. The molecule has 0 bridgehead atoms. The van der Waals surface area contributed by atoms with Crippen LogP contribution in [0.3, 0.4) is 0 Å². The van der Waals surface area contributed by atoms with E-state index in [-0.39, 0.29) is 17.1 Å². The molecule has 4 aromatic rings. The zero-order chi connectivity index (χ0) is 18.1. The van der Waals surface area contributed by atoms with Gasteiger partial charge in [-0.25, -0.2) is 9.37 Å². The summed E-state index contributed by atoms with van der Waals surface area (Å²) in [5.74, 6) is -0.706. The Kier molecular flexibility index (Phi) is 4.01. The van der Waals surface area contributed by atoms with E-state index in [9.17, 15) is 9.18 Å². The van der Waals surface area contributed by atoms with Crippen LogP contribution in [0.25, 0.3) is 21.9 Å². The van der Waals surface area contributed by atoms with Crippen molar-refractivity contribution >= 4 is 27.8 Å². The number of hydrogen-bond acceptors (Lipinski definition) is 4. The molecule has 128 valence electrons. The summed E-state index contributed by atoms with van der Waals surface area (Å²) in [4.78, 5) is 26.9. The minimum absolute atomic E-state index is 0.202. The molecule has 0 saturated heterocycles. The van der Waals surface area contributed by atoms with Crippen LogP contribution in [0.5, 0.6) is 0 Å². The van der Waals surface area contributed by atoms with Gasteiger partial charge in [-0.1, -0.05) is 24.3 Å². The summed E-state index contributed by atoms with van der Waals surface area (Å²) in [6.45, 7) is 0.391. The van der Waals surface area contributed by atoms with Crippen LogP contribution in [-0.2, 0) is 6.54 Å². The Hall–Kier alpha value is -3.41. The second-order valence-corrected chi connectivity index (χ2v) is 6.05. The molecular formula is C20H15FN4O. The Morgan fingerprint density at radius 3 is 2.69 bits per heavy atom. The molecule has 6 heteroatoms. The van der Waals surface area contributed by atoms with Crippen molar-refractivity contribution in [2.24, 2.45) is 0 Å². The summed E-state index contributed by atoms with van der Waals surface area (Å²) in [5, 5.41) is 0.664. The average Bonchev–Trinajstić information content (AvgIpc) is 2.67. The number of hydrogen-bond donors (Lipinski definition) is 0.